The maximum atomic E-state index is 11.7. The van der Waals surface area contributed by atoms with Crippen molar-refractivity contribution in [2.24, 2.45) is 0 Å². The summed E-state index contributed by atoms with van der Waals surface area (Å²) in [5.74, 6) is 0.246. The van der Waals surface area contributed by atoms with Crippen LogP contribution in [0.5, 0.6) is 0 Å². The van der Waals surface area contributed by atoms with E-state index in [1.807, 2.05) is 0 Å². The third-order valence-electron chi connectivity index (χ3n) is 4.91. The van der Waals surface area contributed by atoms with Gasteiger partial charge in [0, 0.05) is 19.6 Å². The van der Waals surface area contributed by atoms with Crippen molar-refractivity contribution in [1.29, 1.82) is 0 Å². The van der Waals surface area contributed by atoms with Gasteiger partial charge in [-0.2, -0.15) is 0 Å². The van der Waals surface area contributed by atoms with Crippen LogP contribution in [0.2, 0.25) is 0 Å². The van der Waals surface area contributed by atoms with Gasteiger partial charge in [0.2, 0.25) is 5.91 Å². The Morgan fingerprint density at radius 3 is 1.56 bits per heavy atom. The highest BCUT2D eigenvalue weighted by Gasteiger charge is 2.00. The number of rotatable bonds is 20. The second-order valence-electron chi connectivity index (χ2n) is 7.48. The first kappa shape index (κ1) is 24.4. The van der Waals surface area contributed by atoms with Crippen LogP contribution in [0.4, 0.5) is 0 Å². The minimum absolute atomic E-state index is 0.246. The van der Waals surface area contributed by atoms with E-state index in [0.717, 1.165) is 25.8 Å². The number of hydrogen-bond donors (Lipinski definition) is 2. The summed E-state index contributed by atoms with van der Waals surface area (Å²) in [6, 6.07) is 0. The van der Waals surface area contributed by atoms with Gasteiger partial charge in [0.25, 0.3) is 0 Å². The van der Waals surface area contributed by atoms with E-state index in [2.05, 4.69) is 12.2 Å². The van der Waals surface area contributed by atoms with E-state index in [1.54, 1.807) is 0 Å². The Morgan fingerprint density at radius 2 is 1.08 bits per heavy atom. The second-order valence-corrected chi connectivity index (χ2v) is 7.48. The number of carbonyl (C=O) groups excluding carboxylic acids is 1. The van der Waals surface area contributed by atoms with Crippen LogP contribution in [-0.2, 0) is 4.79 Å². The predicted molar refractivity (Wildman–Crippen MR) is 109 cm³/mol. The Bertz CT molecular complexity index is 269. The molecular formula is C22H45NO2. The van der Waals surface area contributed by atoms with Gasteiger partial charge in [-0.25, -0.2) is 0 Å². The lowest BCUT2D eigenvalue weighted by atomic mass is 10.0. The summed E-state index contributed by atoms with van der Waals surface area (Å²) >= 11 is 0. The predicted octanol–water partition coefficient (Wildman–Crippen LogP) is 6.14. The van der Waals surface area contributed by atoms with Gasteiger partial charge in [-0.05, 0) is 19.3 Å². The molecule has 0 rings (SSSR count). The number of hydrogen-bond acceptors (Lipinski definition) is 2. The standard InChI is InChI=1S/C22H45NO2/c1-2-3-4-17-20-23-22(25)19-16-14-12-10-8-6-5-7-9-11-13-15-18-21-24/h24H,2-21H2,1H3,(H,23,25). The largest absolute Gasteiger partial charge is 0.396 e. The van der Waals surface area contributed by atoms with Crippen LogP contribution < -0.4 is 5.32 Å². The summed E-state index contributed by atoms with van der Waals surface area (Å²) in [4.78, 5) is 11.7. The molecule has 0 saturated heterocycles. The lowest BCUT2D eigenvalue weighted by Crippen LogP contribution is -2.23. The number of amides is 1. The average molecular weight is 356 g/mol. The molecular weight excluding hydrogens is 310 g/mol. The van der Waals surface area contributed by atoms with Gasteiger partial charge in [0.15, 0.2) is 0 Å². The van der Waals surface area contributed by atoms with Crippen molar-refractivity contribution in [2.75, 3.05) is 13.2 Å². The van der Waals surface area contributed by atoms with Crippen LogP contribution >= 0.6 is 0 Å². The van der Waals surface area contributed by atoms with Gasteiger partial charge >= 0.3 is 0 Å². The van der Waals surface area contributed by atoms with Crippen LogP contribution in [-0.4, -0.2) is 24.2 Å². The number of nitrogens with one attached hydrogen (secondary N) is 1. The quantitative estimate of drug-likeness (QED) is 0.258. The van der Waals surface area contributed by atoms with Crippen LogP contribution in [0.25, 0.3) is 0 Å². The van der Waals surface area contributed by atoms with Gasteiger partial charge in [-0.3, -0.25) is 4.79 Å². The zero-order valence-corrected chi connectivity index (χ0v) is 17.0. The summed E-state index contributed by atoms with van der Waals surface area (Å²) in [5, 5.41) is 11.7. The van der Waals surface area contributed by atoms with Gasteiger partial charge in [0.05, 0.1) is 0 Å². The van der Waals surface area contributed by atoms with Gasteiger partial charge in [-0.15, -0.1) is 0 Å². The van der Waals surface area contributed by atoms with E-state index < -0.39 is 0 Å². The second kappa shape index (κ2) is 21.5. The molecule has 1 amide bonds. The number of unbranched alkanes of at least 4 members (excludes halogenated alkanes) is 15. The lowest BCUT2D eigenvalue weighted by Gasteiger charge is -2.05. The van der Waals surface area contributed by atoms with E-state index in [4.69, 9.17) is 5.11 Å². The number of carbonyl (C=O) groups is 1. The summed E-state index contributed by atoms with van der Waals surface area (Å²) in [6.07, 6.45) is 22.1. The Labute approximate surface area is 157 Å². The molecule has 0 atom stereocenters. The molecule has 0 aromatic carbocycles. The van der Waals surface area contributed by atoms with Crippen LogP contribution in [0.15, 0.2) is 0 Å². The Kier molecular flexibility index (Phi) is 21.0. The van der Waals surface area contributed by atoms with Crippen LogP contribution in [0.1, 0.15) is 122 Å². The molecule has 0 aromatic rings. The van der Waals surface area contributed by atoms with Crippen molar-refractivity contribution in [3.8, 4) is 0 Å². The van der Waals surface area contributed by atoms with E-state index in [0.29, 0.717) is 13.0 Å². The van der Waals surface area contributed by atoms with Crippen LogP contribution in [0.3, 0.4) is 0 Å². The molecule has 0 spiro atoms. The van der Waals surface area contributed by atoms with E-state index in [9.17, 15) is 4.79 Å². The highest BCUT2D eigenvalue weighted by molar-refractivity contribution is 5.75. The SMILES string of the molecule is CCCCCCNC(=O)CCCCCCCCCCCCCCCO. The molecule has 0 bridgehead atoms. The zero-order valence-electron chi connectivity index (χ0n) is 17.0. The van der Waals surface area contributed by atoms with Crippen molar-refractivity contribution in [1.82, 2.24) is 5.32 Å². The molecule has 0 fully saturated rings. The minimum Gasteiger partial charge on any atom is -0.396 e. The molecule has 0 aliphatic heterocycles. The molecule has 25 heavy (non-hydrogen) atoms. The molecule has 0 aliphatic carbocycles. The highest BCUT2D eigenvalue weighted by atomic mass is 16.2. The fourth-order valence-electron chi connectivity index (χ4n) is 3.21. The van der Waals surface area contributed by atoms with Gasteiger partial charge < -0.3 is 10.4 Å². The molecule has 0 unspecified atom stereocenters. The monoisotopic (exact) mass is 355 g/mol. The maximum absolute atomic E-state index is 11.7. The van der Waals surface area contributed by atoms with Gasteiger partial charge in [0.1, 0.15) is 0 Å². The van der Waals surface area contributed by atoms with E-state index in [1.165, 1.54) is 89.9 Å². The van der Waals surface area contributed by atoms with Crippen LogP contribution in [0, 0.1) is 0 Å². The summed E-state index contributed by atoms with van der Waals surface area (Å²) < 4.78 is 0. The molecule has 150 valence electrons. The molecule has 0 aliphatic rings. The first-order valence-electron chi connectivity index (χ1n) is 11.2. The maximum Gasteiger partial charge on any atom is 0.219 e. The molecule has 2 N–H and O–H groups in total. The molecule has 0 aromatic heterocycles. The van der Waals surface area contributed by atoms with Crippen molar-refractivity contribution in [3.63, 3.8) is 0 Å². The molecule has 0 heterocycles. The third kappa shape index (κ3) is 21.4. The minimum atomic E-state index is 0.246. The van der Waals surface area contributed by atoms with Crippen molar-refractivity contribution < 1.29 is 9.90 Å². The first-order chi connectivity index (χ1) is 12.3. The highest BCUT2D eigenvalue weighted by Crippen LogP contribution is 2.12. The first-order valence-corrected chi connectivity index (χ1v) is 11.2. The molecule has 0 radical (unpaired) electrons. The smallest absolute Gasteiger partial charge is 0.219 e. The summed E-state index contributed by atoms with van der Waals surface area (Å²) in [5.41, 5.74) is 0. The average Bonchev–Trinajstić information content (AvgIpc) is 2.62. The number of aliphatic hydroxyl groups excluding tert-OH is 1. The zero-order chi connectivity index (χ0) is 18.4. The van der Waals surface area contributed by atoms with E-state index in [-0.39, 0.29) is 5.91 Å². The normalized spacial score (nSPS) is 11.0. The van der Waals surface area contributed by atoms with Crippen molar-refractivity contribution >= 4 is 5.91 Å². The van der Waals surface area contributed by atoms with Crippen molar-refractivity contribution in [2.45, 2.75) is 122 Å². The molecule has 0 saturated carbocycles. The lowest BCUT2D eigenvalue weighted by molar-refractivity contribution is -0.121. The topological polar surface area (TPSA) is 49.3 Å². The summed E-state index contributed by atoms with van der Waals surface area (Å²) in [6.45, 7) is 3.42. The Morgan fingerprint density at radius 1 is 0.640 bits per heavy atom. The fraction of sp³-hybridized carbons (Fsp3) is 0.955. The third-order valence-corrected chi connectivity index (χ3v) is 4.91. The molecule has 3 heteroatoms. The van der Waals surface area contributed by atoms with E-state index >= 15 is 0 Å². The fourth-order valence-corrected chi connectivity index (χ4v) is 3.21. The Balaban J connectivity index is 3.09. The number of aliphatic hydroxyl groups is 1. The Hall–Kier alpha value is -0.570. The summed E-state index contributed by atoms with van der Waals surface area (Å²) in [7, 11) is 0. The molecule has 3 nitrogen and oxygen atoms in total. The van der Waals surface area contributed by atoms with Gasteiger partial charge in [-0.1, -0.05) is 96.8 Å². The van der Waals surface area contributed by atoms with Crippen molar-refractivity contribution in [3.05, 3.63) is 0 Å².